The van der Waals surface area contributed by atoms with Crippen LogP contribution in [-0.2, 0) is 17.8 Å². The Bertz CT molecular complexity index is 1060. The van der Waals surface area contributed by atoms with Gasteiger partial charge in [-0.2, -0.15) is 0 Å². The van der Waals surface area contributed by atoms with Crippen LogP contribution in [0.15, 0.2) is 36.4 Å². The first kappa shape index (κ1) is 23.4. The number of carbonyl (C=O) groups is 1. The first-order valence-electron chi connectivity index (χ1n) is 10.8. The molecule has 32 heavy (non-hydrogen) atoms. The van der Waals surface area contributed by atoms with Gasteiger partial charge in [0, 0.05) is 18.7 Å². The fourth-order valence-electron chi connectivity index (χ4n) is 3.82. The van der Waals surface area contributed by atoms with Crippen LogP contribution in [0, 0.1) is 0 Å². The summed E-state index contributed by atoms with van der Waals surface area (Å²) in [6.07, 6.45) is 0.114. The van der Waals surface area contributed by atoms with E-state index >= 15 is 0 Å². The molecule has 3 aromatic rings. The van der Waals surface area contributed by atoms with Crippen LogP contribution >= 0.6 is 0 Å². The summed E-state index contributed by atoms with van der Waals surface area (Å²) in [7, 11) is 4.65. The first-order valence-corrected chi connectivity index (χ1v) is 10.8. The maximum absolute atomic E-state index is 13.0. The van der Waals surface area contributed by atoms with Crippen molar-refractivity contribution < 1.29 is 19.0 Å². The Kier molecular flexibility index (Phi) is 7.94. The molecule has 0 radical (unpaired) electrons. The number of para-hydroxylation sites is 2. The molecular weight excluding hydrogens is 408 g/mol. The molecule has 8 heteroatoms. The van der Waals surface area contributed by atoms with Gasteiger partial charge in [0.25, 0.3) is 0 Å². The predicted octanol–water partition coefficient (Wildman–Crippen LogP) is 3.59. The van der Waals surface area contributed by atoms with Crippen molar-refractivity contribution in [2.24, 2.45) is 0 Å². The maximum atomic E-state index is 13.0. The van der Waals surface area contributed by atoms with Crippen molar-refractivity contribution in [3.05, 3.63) is 42.0 Å². The number of rotatable bonds is 11. The molecule has 1 N–H and O–H groups in total. The van der Waals surface area contributed by atoms with Gasteiger partial charge in [-0.1, -0.05) is 32.0 Å². The molecule has 0 saturated heterocycles. The van der Waals surface area contributed by atoms with Crippen LogP contribution in [0.5, 0.6) is 17.2 Å². The van der Waals surface area contributed by atoms with Gasteiger partial charge in [-0.25, -0.2) is 4.98 Å². The topological polar surface area (TPSA) is 77.9 Å². The molecule has 0 aliphatic rings. The summed E-state index contributed by atoms with van der Waals surface area (Å²) < 4.78 is 18.3. The molecule has 1 heterocycles. The van der Waals surface area contributed by atoms with Crippen LogP contribution in [0.2, 0.25) is 0 Å². The Morgan fingerprint density at radius 3 is 2.38 bits per heavy atom. The van der Waals surface area contributed by atoms with Gasteiger partial charge >= 0.3 is 0 Å². The summed E-state index contributed by atoms with van der Waals surface area (Å²) in [5, 5.41) is 2.99. The minimum absolute atomic E-state index is 0.114. The smallest absolute Gasteiger partial charge is 0.231 e. The Balaban J connectivity index is 1.85. The van der Waals surface area contributed by atoms with Crippen molar-refractivity contribution >= 4 is 22.9 Å². The largest absolute Gasteiger partial charge is 0.493 e. The van der Waals surface area contributed by atoms with E-state index in [1.165, 1.54) is 0 Å². The van der Waals surface area contributed by atoms with Gasteiger partial charge in [0.2, 0.25) is 17.6 Å². The molecule has 1 aromatic heterocycles. The third-order valence-corrected chi connectivity index (χ3v) is 5.58. The van der Waals surface area contributed by atoms with E-state index < -0.39 is 0 Å². The average Bonchev–Trinajstić information content (AvgIpc) is 3.16. The summed E-state index contributed by atoms with van der Waals surface area (Å²) in [5.74, 6) is 1.85. The number of hydrogen-bond acceptors (Lipinski definition) is 6. The standard InChI is InChI=1S/C24H32N4O4/c1-6-27(7-2)14-15-28-19-11-9-8-10-18(19)25-24(28)26-21(29)16-17-12-13-20(30-3)23(32-5)22(17)31-4/h8-13H,6-7,14-16H2,1-5H3,(H,25,26,29). The molecule has 3 rings (SSSR count). The van der Waals surface area contributed by atoms with E-state index in [9.17, 15) is 4.79 Å². The monoisotopic (exact) mass is 440 g/mol. The number of anilines is 1. The second-order valence-corrected chi connectivity index (χ2v) is 7.32. The Hall–Kier alpha value is -3.26. The number of carbonyl (C=O) groups excluding carboxylic acids is 1. The molecule has 0 aliphatic heterocycles. The van der Waals surface area contributed by atoms with Gasteiger partial charge < -0.3 is 23.7 Å². The van der Waals surface area contributed by atoms with Crippen LogP contribution in [-0.4, -0.2) is 61.3 Å². The zero-order valence-corrected chi connectivity index (χ0v) is 19.5. The fourth-order valence-corrected chi connectivity index (χ4v) is 3.82. The molecule has 1 amide bonds. The number of ether oxygens (including phenoxy) is 3. The maximum Gasteiger partial charge on any atom is 0.231 e. The van der Waals surface area contributed by atoms with E-state index in [1.54, 1.807) is 27.4 Å². The van der Waals surface area contributed by atoms with Gasteiger partial charge in [0.15, 0.2) is 11.5 Å². The first-order chi connectivity index (χ1) is 15.6. The lowest BCUT2D eigenvalue weighted by atomic mass is 10.1. The van der Waals surface area contributed by atoms with Crippen molar-refractivity contribution in [3.8, 4) is 17.2 Å². The zero-order valence-electron chi connectivity index (χ0n) is 19.5. The number of methoxy groups -OCH3 is 3. The number of hydrogen-bond donors (Lipinski definition) is 1. The Labute approximate surface area is 189 Å². The highest BCUT2D eigenvalue weighted by Crippen LogP contribution is 2.40. The molecule has 0 bridgehead atoms. The molecular formula is C24H32N4O4. The van der Waals surface area contributed by atoms with E-state index in [-0.39, 0.29) is 12.3 Å². The lowest BCUT2D eigenvalue weighted by Gasteiger charge is -2.19. The Morgan fingerprint density at radius 2 is 1.72 bits per heavy atom. The zero-order chi connectivity index (χ0) is 23.1. The van der Waals surface area contributed by atoms with Gasteiger partial charge in [-0.3, -0.25) is 10.1 Å². The second kappa shape index (κ2) is 10.9. The third kappa shape index (κ3) is 4.96. The van der Waals surface area contributed by atoms with Gasteiger partial charge in [-0.15, -0.1) is 0 Å². The third-order valence-electron chi connectivity index (χ3n) is 5.58. The summed E-state index contributed by atoms with van der Waals surface area (Å²) in [4.78, 5) is 20.0. The SMILES string of the molecule is CCN(CC)CCn1c(NC(=O)Cc2ccc(OC)c(OC)c2OC)nc2ccccc21. The number of benzene rings is 2. The van der Waals surface area contributed by atoms with Crippen molar-refractivity contribution in [3.63, 3.8) is 0 Å². The number of fused-ring (bicyclic) bond motifs is 1. The number of aromatic nitrogens is 2. The minimum atomic E-state index is -0.185. The molecule has 0 saturated carbocycles. The fraction of sp³-hybridized carbons (Fsp3) is 0.417. The molecule has 0 fully saturated rings. The molecule has 0 aliphatic carbocycles. The van der Waals surface area contributed by atoms with Crippen molar-refractivity contribution in [1.29, 1.82) is 0 Å². The molecule has 0 unspecified atom stereocenters. The normalized spacial score (nSPS) is 11.1. The van der Waals surface area contributed by atoms with Crippen LogP contribution in [0.1, 0.15) is 19.4 Å². The second-order valence-electron chi connectivity index (χ2n) is 7.32. The molecule has 8 nitrogen and oxygen atoms in total. The highest BCUT2D eigenvalue weighted by atomic mass is 16.5. The Morgan fingerprint density at radius 1 is 1.00 bits per heavy atom. The van der Waals surface area contributed by atoms with Crippen LogP contribution in [0.4, 0.5) is 5.95 Å². The van der Waals surface area contributed by atoms with E-state index in [0.717, 1.165) is 37.2 Å². The highest BCUT2D eigenvalue weighted by Gasteiger charge is 2.19. The number of amides is 1. The lowest BCUT2D eigenvalue weighted by Crippen LogP contribution is -2.28. The molecule has 172 valence electrons. The van der Waals surface area contributed by atoms with Crippen molar-refractivity contribution in [2.45, 2.75) is 26.8 Å². The summed E-state index contributed by atoms with van der Waals surface area (Å²) in [6, 6.07) is 11.5. The number of imidazole rings is 1. The average molecular weight is 441 g/mol. The van der Waals surface area contributed by atoms with Crippen LogP contribution in [0.3, 0.4) is 0 Å². The minimum Gasteiger partial charge on any atom is -0.493 e. The van der Waals surface area contributed by atoms with E-state index in [4.69, 9.17) is 14.2 Å². The highest BCUT2D eigenvalue weighted by molar-refractivity contribution is 5.93. The van der Waals surface area contributed by atoms with E-state index in [1.807, 2.05) is 30.3 Å². The summed E-state index contributed by atoms with van der Waals surface area (Å²) in [6.45, 7) is 7.86. The van der Waals surface area contributed by atoms with Gasteiger partial charge in [0.05, 0.1) is 38.8 Å². The molecule has 2 aromatic carbocycles. The van der Waals surface area contributed by atoms with Crippen molar-refractivity contribution in [2.75, 3.05) is 46.3 Å². The molecule has 0 spiro atoms. The van der Waals surface area contributed by atoms with Crippen molar-refractivity contribution in [1.82, 2.24) is 14.5 Å². The number of nitrogens with one attached hydrogen (secondary N) is 1. The quantitative estimate of drug-likeness (QED) is 0.491. The number of likely N-dealkylation sites (N-methyl/N-ethyl adjacent to an activating group) is 1. The van der Waals surface area contributed by atoms with Gasteiger partial charge in [0.1, 0.15) is 0 Å². The summed E-state index contributed by atoms with van der Waals surface area (Å²) in [5.41, 5.74) is 2.55. The lowest BCUT2D eigenvalue weighted by molar-refractivity contribution is -0.115. The van der Waals surface area contributed by atoms with Gasteiger partial charge in [-0.05, 0) is 31.3 Å². The molecule has 0 atom stereocenters. The van der Waals surface area contributed by atoms with Crippen LogP contribution in [0.25, 0.3) is 11.0 Å². The van der Waals surface area contributed by atoms with E-state index in [0.29, 0.717) is 28.8 Å². The summed E-state index contributed by atoms with van der Waals surface area (Å²) >= 11 is 0. The van der Waals surface area contributed by atoms with E-state index in [2.05, 4.69) is 33.6 Å². The predicted molar refractivity (Wildman–Crippen MR) is 126 cm³/mol. The number of nitrogens with zero attached hydrogens (tertiary/aromatic N) is 3. The van der Waals surface area contributed by atoms with Crippen LogP contribution < -0.4 is 19.5 Å².